The van der Waals surface area contributed by atoms with Crippen molar-refractivity contribution in [2.45, 2.75) is 45.8 Å². The van der Waals surface area contributed by atoms with Gasteiger partial charge in [0.2, 0.25) is 5.95 Å². The predicted octanol–water partition coefficient (Wildman–Crippen LogP) is 1.88. The van der Waals surface area contributed by atoms with Gasteiger partial charge in [-0.2, -0.15) is 4.98 Å². The van der Waals surface area contributed by atoms with E-state index in [0.717, 1.165) is 24.0 Å². The molecule has 2 N–H and O–H groups in total. The number of ether oxygens (including phenoxy) is 1. The number of fused-ring (bicyclic) bond motifs is 1. The quantitative estimate of drug-likeness (QED) is 0.340. The number of Topliss-reactive ketones (excluding diaryl/α,β-unsaturated/α-hetero) is 1. The Morgan fingerprint density at radius 2 is 1.97 bits per heavy atom. The summed E-state index contributed by atoms with van der Waals surface area (Å²) in [4.78, 5) is 60.9. The third-order valence-corrected chi connectivity index (χ3v) is 6.89. The van der Waals surface area contributed by atoms with E-state index in [4.69, 9.17) is 15.5 Å². The van der Waals surface area contributed by atoms with E-state index < -0.39 is 29.7 Å². The van der Waals surface area contributed by atoms with E-state index in [9.17, 15) is 19.2 Å². The van der Waals surface area contributed by atoms with E-state index in [0.29, 0.717) is 24.7 Å². The summed E-state index contributed by atoms with van der Waals surface area (Å²) in [5.74, 6) is 0.0675. The smallest absolute Gasteiger partial charge is 0.414 e. The van der Waals surface area contributed by atoms with Gasteiger partial charge in [0.15, 0.2) is 16.9 Å². The van der Waals surface area contributed by atoms with Crippen LogP contribution in [0.4, 0.5) is 16.4 Å². The summed E-state index contributed by atoms with van der Waals surface area (Å²) in [5, 5.41) is 0. The second-order valence-electron chi connectivity index (χ2n) is 9.54. The highest BCUT2D eigenvalue weighted by Crippen LogP contribution is 2.24. The van der Waals surface area contributed by atoms with E-state index >= 15 is 0 Å². The Hall–Kier alpha value is -4.19. The first-order valence-corrected chi connectivity index (χ1v) is 13.0. The molecule has 0 unspecified atom stereocenters. The van der Waals surface area contributed by atoms with Crippen molar-refractivity contribution in [2.75, 3.05) is 36.5 Å². The number of ketones is 1. The second kappa shape index (κ2) is 11.7. The minimum Gasteiger partial charge on any atom is -0.449 e. The molecule has 12 nitrogen and oxygen atoms in total. The van der Waals surface area contributed by atoms with Crippen LogP contribution >= 0.6 is 0 Å². The topological polar surface area (TPSA) is 138 Å². The molecule has 0 spiro atoms. The first-order valence-electron chi connectivity index (χ1n) is 13.0. The average molecular weight is 538 g/mol. The molecule has 0 bridgehead atoms. The first kappa shape index (κ1) is 27.8. The van der Waals surface area contributed by atoms with Gasteiger partial charge in [-0.3, -0.25) is 23.6 Å². The zero-order valence-corrected chi connectivity index (χ0v) is 22.8. The van der Waals surface area contributed by atoms with Crippen LogP contribution in [0.5, 0.6) is 0 Å². The summed E-state index contributed by atoms with van der Waals surface area (Å²) in [6.45, 7) is 4.93. The number of benzene rings is 1. The minimum absolute atomic E-state index is 0.0142. The van der Waals surface area contributed by atoms with E-state index in [1.807, 2.05) is 24.0 Å². The number of carbonyl (C=O) groups excluding carboxylic acids is 2. The Bertz CT molecular complexity index is 1530. The highest BCUT2D eigenvalue weighted by atomic mass is 16.6. The maximum atomic E-state index is 13.8. The van der Waals surface area contributed by atoms with Gasteiger partial charge in [-0.05, 0) is 38.8 Å². The maximum Gasteiger partial charge on any atom is 0.414 e. The SMILES string of the molecule is CC=CCn1c(N2CCC[C@@H](N)C2)nc2c1c(=O)n(CC(=O)c1ccccc1N(C)C(=O)OCC)c(=O)n2C. The number of allylic oxidation sites excluding steroid dienone is 2. The number of anilines is 2. The zero-order valence-electron chi connectivity index (χ0n) is 22.8. The van der Waals surface area contributed by atoms with Crippen LogP contribution in [0.2, 0.25) is 0 Å². The van der Waals surface area contributed by atoms with Crippen molar-refractivity contribution in [3.05, 3.63) is 62.8 Å². The van der Waals surface area contributed by atoms with Crippen LogP contribution in [-0.2, 0) is 24.9 Å². The average Bonchev–Trinajstić information content (AvgIpc) is 3.32. The number of nitrogens with two attached hydrogens (primary N) is 1. The summed E-state index contributed by atoms with van der Waals surface area (Å²) < 4.78 is 9.05. The fourth-order valence-corrected chi connectivity index (χ4v) is 4.87. The van der Waals surface area contributed by atoms with Crippen LogP contribution in [0.3, 0.4) is 0 Å². The summed E-state index contributed by atoms with van der Waals surface area (Å²) in [6, 6.07) is 6.49. The molecule has 1 saturated heterocycles. The van der Waals surface area contributed by atoms with Crippen molar-refractivity contribution in [1.82, 2.24) is 18.7 Å². The summed E-state index contributed by atoms with van der Waals surface area (Å²) in [6.07, 6.45) is 4.95. The molecule has 0 saturated carbocycles. The Morgan fingerprint density at radius 3 is 2.67 bits per heavy atom. The summed E-state index contributed by atoms with van der Waals surface area (Å²) in [7, 11) is 3.03. The first-order chi connectivity index (χ1) is 18.7. The third kappa shape index (κ3) is 5.37. The normalized spacial score (nSPS) is 15.7. The molecule has 12 heteroatoms. The molecular weight excluding hydrogens is 502 g/mol. The van der Waals surface area contributed by atoms with E-state index in [-0.39, 0.29) is 29.4 Å². The Balaban J connectivity index is 1.81. The lowest BCUT2D eigenvalue weighted by molar-refractivity contribution is 0.0969. The molecule has 1 aromatic carbocycles. The van der Waals surface area contributed by atoms with Crippen molar-refractivity contribution < 1.29 is 14.3 Å². The van der Waals surface area contributed by atoms with Crippen molar-refractivity contribution in [1.29, 1.82) is 0 Å². The Kier molecular flexibility index (Phi) is 8.34. The molecule has 1 aliphatic heterocycles. The highest BCUT2D eigenvalue weighted by molar-refractivity contribution is 6.04. The molecule has 3 heterocycles. The zero-order chi connectivity index (χ0) is 28.3. The minimum atomic E-state index is -0.658. The van der Waals surface area contributed by atoms with Crippen molar-refractivity contribution in [3.8, 4) is 0 Å². The molecule has 1 aliphatic rings. The number of hydrogen-bond acceptors (Lipinski definition) is 8. The number of imidazole rings is 1. The molecule has 1 fully saturated rings. The van der Waals surface area contributed by atoms with Gasteiger partial charge in [0.05, 0.1) is 18.8 Å². The van der Waals surface area contributed by atoms with Gasteiger partial charge in [-0.1, -0.05) is 24.3 Å². The van der Waals surface area contributed by atoms with Gasteiger partial charge in [0.25, 0.3) is 5.56 Å². The molecule has 4 rings (SSSR count). The van der Waals surface area contributed by atoms with Crippen LogP contribution in [0.15, 0.2) is 46.0 Å². The number of nitrogens with zero attached hydrogens (tertiary/aromatic N) is 6. The number of hydrogen-bond donors (Lipinski definition) is 1. The fraction of sp³-hybridized carbons (Fsp3) is 0.444. The summed E-state index contributed by atoms with van der Waals surface area (Å²) in [5.41, 5.74) is 5.92. The van der Waals surface area contributed by atoms with Crippen LogP contribution in [0.1, 0.15) is 37.0 Å². The van der Waals surface area contributed by atoms with E-state index in [2.05, 4.69) is 0 Å². The third-order valence-electron chi connectivity index (χ3n) is 6.89. The number of para-hydroxylation sites is 1. The standard InChI is InChI=1S/C27H35N7O5/c1-5-7-15-33-22-23(29-25(33)32-14-10-11-18(28)16-32)31(4)26(37)34(24(22)36)17-21(35)19-12-8-9-13-20(19)30(3)27(38)39-6-2/h5,7-9,12-13,18H,6,10-11,14-17,28H2,1-4H3/t18-/m1/s1. The van der Waals surface area contributed by atoms with E-state index in [1.54, 1.807) is 35.8 Å². The van der Waals surface area contributed by atoms with Gasteiger partial charge >= 0.3 is 11.8 Å². The number of amides is 1. The van der Waals surface area contributed by atoms with Crippen LogP contribution in [0, 0.1) is 0 Å². The largest absolute Gasteiger partial charge is 0.449 e. The van der Waals surface area contributed by atoms with Crippen LogP contribution in [-0.4, -0.2) is 63.3 Å². The summed E-state index contributed by atoms with van der Waals surface area (Å²) >= 11 is 0. The molecule has 2 aromatic heterocycles. The molecular formula is C27H35N7O5. The lowest BCUT2D eigenvalue weighted by Crippen LogP contribution is -2.44. The molecule has 3 aromatic rings. The Labute approximate surface area is 225 Å². The number of carbonyl (C=O) groups is 2. The lowest BCUT2D eigenvalue weighted by atomic mass is 10.1. The molecule has 0 radical (unpaired) electrons. The molecule has 1 amide bonds. The number of piperidine rings is 1. The van der Waals surface area contributed by atoms with Crippen LogP contribution < -0.4 is 26.8 Å². The maximum absolute atomic E-state index is 13.8. The van der Waals surface area contributed by atoms with Crippen molar-refractivity contribution in [3.63, 3.8) is 0 Å². The number of aryl methyl sites for hydroxylation is 1. The Morgan fingerprint density at radius 1 is 1.23 bits per heavy atom. The highest BCUT2D eigenvalue weighted by Gasteiger charge is 2.27. The molecule has 1 atom stereocenters. The fourth-order valence-electron chi connectivity index (χ4n) is 4.87. The van der Waals surface area contributed by atoms with Gasteiger partial charge in [-0.25, -0.2) is 9.59 Å². The van der Waals surface area contributed by atoms with Crippen molar-refractivity contribution >= 4 is 34.7 Å². The molecule has 39 heavy (non-hydrogen) atoms. The van der Waals surface area contributed by atoms with Gasteiger partial charge in [0.1, 0.15) is 0 Å². The molecule has 0 aliphatic carbocycles. The second-order valence-corrected chi connectivity index (χ2v) is 9.54. The molecule has 208 valence electrons. The lowest BCUT2D eigenvalue weighted by Gasteiger charge is -2.31. The van der Waals surface area contributed by atoms with Gasteiger partial charge in [-0.15, -0.1) is 0 Å². The van der Waals surface area contributed by atoms with Crippen molar-refractivity contribution in [2.24, 2.45) is 12.8 Å². The van der Waals surface area contributed by atoms with Gasteiger partial charge in [0, 0.05) is 45.3 Å². The monoisotopic (exact) mass is 537 g/mol. The van der Waals surface area contributed by atoms with Crippen LogP contribution in [0.25, 0.3) is 11.2 Å². The number of rotatable bonds is 8. The van der Waals surface area contributed by atoms with E-state index in [1.165, 1.54) is 23.6 Å². The van der Waals surface area contributed by atoms with Gasteiger partial charge < -0.3 is 19.9 Å². The number of aromatic nitrogens is 4. The predicted molar refractivity (Wildman–Crippen MR) is 150 cm³/mol.